The van der Waals surface area contributed by atoms with E-state index < -0.39 is 96.2 Å². The van der Waals surface area contributed by atoms with Crippen LogP contribution in [0.3, 0.4) is 0 Å². The Morgan fingerprint density at radius 3 is 1.97 bits per heavy atom. The van der Waals surface area contributed by atoms with Gasteiger partial charge in [-0.15, -0.1) is 15.3 Å². The van der Waals surface area contributed by atoms with Crippen molar-refractivity contribution in [3.63, 3.8) is 0 Å². The Kier molecular flexibility index (Phi) is 12.5. The van der Waals surface area contributed by atoms with Crippen LogP contribution in [0.15, 0.2) is 107 Å². The Morgan fingerprint density at radius 1 is 0.750 bits per heavy atom. The Bertz CT molecular complexity index is 3380. The standard InChI is InChI=1S/C36H32N8O16S4/c1-19-16-27(42-43-32-20(2)31(35(46)47)33-37-24-10-12-36(3,64(57,58)59)13-11-28(24)44(33)34(32)45)29(60-14-15-61(48,49)50)18-26(19)41-40-25-9-6-22(17-30(25)63(54,55)56)39-38-21-4-7-23(8-5-21)62(51,52)53/h4-13,16-18,45H,14-15H2,1-3H3,(H,46,47)(H,48,49,50)(H,51,52,53)(H,54,55,56)(H,57,58,59). The summed E-state index contributed by atoms with van der Waals surface area (Å²) in [6, 6.07) is 10.3. The first-order valence-electron chi connectivity index (χ1n) is 17.7. The van der Waals surface area contributed by atoms with Gasteiger partial charge in [0.05, 0.1) is 33.3 Å². The third kappa shape index (κ3) is 10.1. The van der Waals surface area contributed by atoms with Crippen LogP contribution < -0.4 is 4.74 Å². The number of pyridine rings is 1. The van der Waals surface area contributed by atoms with Gasteiger partial charge < -0.3 is 14.9 Å². The van der Waals surface area contributed by atoms with E-state index in [1.165, 1.54) is 63.3 Å². The van der Waals surface area contributed by atoms with Gasteiger partial charge in [-0.1, -0.05) is 12.2 Å². The summed E-state index contributed by atoms with van der Waals surface area (Å²) in [4.78, 5) is 15.7. The van der Waals surface area contributed by atoms with Crippen molar-refractivity contribution in [2.45, 2.75) is 35.3 Å². The van der Waals surface area contributed by atoms with Crippen molar-refractivity contribution in [3.05, 3.63) is 94.8 Å². The number of hydrogen-bond acceptors (Lipinski definition) is 18. The lowest BCUT2D eigenvalue weighted by Crippen LogP contribution is -2.29. The van der Waals surface area contributed by atoms with Crippen molar-refractivity contribution in [1.82, 2.24) is 9.38 Å². The summed E-state index contributed by atoms with van der Waals surface area (Å²) >= 11 is 0. The fourth-order valence-electron chi connectivity index (χ4n) is 5.85. The Labute approximate surface area is 362 Å². The summed E-state index contributed by atoms with van der Waals surface area (Å²) in [6.45, 7) is 3.33. The summed E-state index contributed by atoms with van der Waals surface area (Å²) in [5.41, 5.74) is -1.50. The molecule has 1 aliphatic carbocycles. The Hall–Kier alpha value is -6.66. The minimum Gasteiger partial charge on any atom is -0.493 e. The zero-order valence-electron chi connectivity index (χ0n) is 32.9. The molecule has 0 radical (unpaired) electrons. The van der Waals surface area contributed by atoms with Crippen LogP contribution in [0.4, 0.5) is 34.1 Å². The molecule has 0 fully saturated rings. The highest BCUT2D eigenvalue weighted by Crippen LogP contribution is 2.42. The lowest BCUT2D eigenvalue weighted by atomic mass is 10.1. The van der Waals surface area contributed by atoms with Gasteiger partial charge in [-0.05, 0) is 87.0 Å². The average molecular weight is 961 g/mol. The number of fused-ring (bicyclic) bond motifs is 3. The fourth-order valence-corrected chi connectivity index (χ4v) is 7.75. The molecular formula is C36H32N8O16S4. The van der Waals surface area contributed by atoms with Gasteiger partial charge in [0.25, 0.3) is 40.5 Å². The quantitative estimate of drug-likeness (QED) is 0.0479. The van der Waals surface area contributed by atoms with Gasteiger partial charge in [-0.2, -0.15) is 49.0 Å². The fraction of sp³-hybridized carbons (Fsp3) is 0.167. The molecule has 3 aromatic carbocycles. The van der Waals surface area contributed by atoms with Crippen molar-refractivity contribution in [3.8, 4) is 11.6 Å². The van der Waals surface area contributed by atoms with Crippen molar-refractivity contribution >= 4 is 98.4 Å². The minimum atomic E-state index is -4.98. The highest BCUT2D eigenvalue weighted by atomic mass is 32.2. The first-order valence-corrected chi connectivity index (χ1v) is 23.6. The van der Waals surface area contributed by atoms with E-state index in [1.54, 1.807) is 0 Å². The Balaban J connectivity index is 1.40. The van der Waals surface area contributed by atoms with E-state index in [4.69, 9.17) is 9.29 Å². The Morgan fingerprint density at radius 2 is 1.36 bits per heavy atom. The van der Waals surface area contributed by atoms with E-state index >= 15 is 0 Å². The van der Waals surface area contributed by atoms with Gasteiger partial charge in [0.2, 0.25) is 5.88 Å². The average Bonchev–Trinajstić information content (AvgIpc) is 3.45. The zero-order valence-corrected chi connectivity index (χ0v) is 36.2. The molecule has 2 heterocycles. The molecular weight excluding hydrogens is 929 g/mol. The molecule has 0 amide bonds. The van der Waals surface area contributed by atoms with Gasteiger partial charge in [-0.3, -0.25) is 22.6 Å². The molecule has 1 aliphatic rings. The largest absolute Gasteiger partial charge is 0.493 e. The van der Waals surface area contributed by atoms with Gasteiger partial charge in [0, 0.05) is 11.6 Å². The van der Waals surface area contributed by atoms with Gasteiger partial charge >= 0.3 is 5.97 Å². The molecule has 0 saturated carbocycles. The molecule has 0 saturated heterocycles. The maximum absolute atomic E-state index is 12.6. The SMILES string of the molecule is Cc1cc(N=Nc2c(C)c(C(=O)O)c3nc4c(n3c2O)C=CC(C)(S(=O)(=O)O)C=C4)c(OCCS(=O)(=O)O)cc1N=Nc1ccc(N=Nc2ccc(S(=O)(=O)O)cc2)cc1S(=O)(=O)O. The predicted octanol–water partition coefficient (Wildman–Crippen LogP) is 7.05. The van der Waals surface area contributed by atoms with Crippen LogP contribution in [0.25, 0.3) is 17.8 Å². The van der Waals surface area contributed by atoms with Gasteiger partial charge in [0.15, 0.2) is 5.65 Å². The number of benzene rings is 3. The summed E-state index contributed by atoms with van der Waals surface area (Å²) < 4.78 is 138. The number of aromatic hydroxyl groups is 1. The molecule has 6 N–H and O–H groups in total. The number of aryl methyl sites for hydroxylation is 1. The molecule has 5 aromatic rings. The second-order valence-corrected chi connectivity index (χ2v) is 20.0. The summed E-state index contributed by atoms with van der Waals surface area (Å²) in [5, 5.41) is 45.7. The second kappa shape index (κ2) is 17.1. The molecule has 28 heteroatoms. The van der Waals surface area contributed by atoms with Crippen LogP contribution in [0.1, 0.15) is 39.8 Å². The van der Waals surface area contributed by atoms with E-state index in [9.17, 15) is 62.3 Å². The molecule has 2 aromatic heterocycles. The number of azo groups is 3. The number of carbonyl (C=O) groups is 1. The van der Waals surface area contributed by atoms with E-state index in [1.807, 2.05) is 0 Å². The molecule has 0 bridgehead atoms. The first-order chi connectivity index (χ1) is 29.7. The van der Waals surface area contributed by atoms with Crippen LogP contribution >= 0.6 is 0 Å². The molecule has 64 heavy (non-hydrogen) atoms. The summed E-state index contributed by atoms with van der Waals surface area (Å²) in [6.07, 6.45) is 4.66. The predicted molar refractivity (Wildman–Crippen MR) is 225 cm³/mol. The third-order valence-corrected chi connectivity index (χ3v) is 13.1. The third-order valence-electron chi connectivity index (χ3n) is 9.27. The lowest BCUT2D eigenvalue weighted by Gasteiger charge is -2.16. The van der Waals surface area contributed by atoms with Crippen molar-refractivity contribution in [1.29, 1.82) is 0 Å². The maximum atomic E-state index is 12.6. The van der Waals surface area contributed by atoms with Crippen LogP contribution in [0, 0.1) is 13.8 Å². The molecule has 336 valence electrons. The number of carboxylic acid groups (broad SMARTS) is 1. The van der Waals surface area contributed by atoms with Crippen LogP contribution in [-0.4, -0.2) is 94.6 Å². The summed E-state index contributed by atoms with van der Waals surface area (Å²) in [7, 11) is -18.7. The van der Waals surface area contributed by atoms with Crippen LogP contribution in [0.2, 0.25) is 0 Å². The minimum absolute atomic E-state index is 0.0115. The monoisotopic (exact) mass is 960 g/mol. The number of carboxylic acids is 1. The number of nitrogens with zero attached hydrogens (tertiary/aromatic N) is 8. The number of aromatic nitrogens is 2. The van der Waals surface area contributed by atoms with Crippen molar-refractivity contribution < 1.29 is 71.6 Å². The normalized spacial score (nSPS) is 16.0. The van der Waals surface area contributed by atoms with Gasteiger partial charge in [0.1, 0.15) is 50.4 Å². The van der Waals surface area contributed by atoms with E-state index in [-0.39, 0.29) is 56.7 Å². The van der Waals surface area contributed by atoms with E-state index in [0.717, 1.165) is 40.8 Å². The number of rotatable bonds is 14. The number of aromatic carboxylic acids is 1. The molecule has 24 nitrogen and oxygen atoms in total. The summed E-state index contributed by atoms with van der Waals surface area (Å²) in [5.74, 6) is -3.34. The van der Waals surface area contributed by atoms with Crippen LogP contribution in [-0.2, 0) is 40.5 Å². The molecule has 1 unspecified atom stereocenters. The molecule has 0 aliphatic heterocycles. The van der Waals surface area contributed by atoms with E-state index in [0.29, 0.717) is 0 Å². The number of imidazole rings is 1. The van der Waals surface area contributed by atoms with Gasteiger partial charge in [-0.25, -0.2) is 9.78 Å². The first kappa shape index (κ1) is 46.8. The lowest BCUT2D eigenvalue weighted by molar-refractivity contribution is 0.0697. The molecule has 0 spiro atoms. The number of ether oxygens (including phenoxy) is 1. The highest BCUT2D eigenvalue weighted by molar-refractivity contribution is 7.87. The maximum Gasteiger partial charge on any atom is 0.339 e. The molecule has 6 rings (SSSR count). The smallest absolute Gasteiger partial charge is 0.339 e. The molecule has 1 atom stereocenters. The van der Waals surface area contributed by atoms with Crippen molar-refractivity contribution in [2.75, 3.05) is 12.4 Å². The topological polar surface area (TPSA) is 376 Å². The number of hydrogen-bond donors (Lipinski definition) is 6. The zero-order chi connectivity index (χ0) is 47.2. The van der Waals surface area contributed by atoms with Crippen molar-refractivity contribution in [2.24, 2.45) is 30.7 Å². The van der Waals surface area contributed by atoms with Crippen LogP contribution in [0.5, 0.6) is 11.6 Å². The second-order valence-electron chi connectivity index (χ2n) is 13.8. The highest BCUT2D eigenvalue weighted by Gasteiger charge is 2.35. The van der Waals surface area contributed by atoms with E-state index in [2.05, 4.69) is 35.7 Å².